The molecule has 2 saturated carbocycles. The number of aldehydes is 1. The highest BCUT2D eigenvalue weighted by Crippen LogP contribution is 2.50. The molecule has 2 fully saturated rings. The predicted octanol–water partition coefficient (Wildman–Crippen LogP) is 9.77. The Bertz CT molecular complexity index is 1790. The Kier molecular flexibility index (Phi) is 11.9. The van der Waals surface area contributed by atoms with Gasteiger partial charge in [-0.3, -0.25) is 9.78 Å². The number of aromatic nitrogens is 4. The van der Waals surface area contributed by atoms with Crippen LogP contribution in [0, 0.1) is 11.8 Å². The second-order valence-electron chi connectivity index (χ2n) is 16.9. The summed E-state index contributed by atoms with van der Waals surface area (Å²) in [5, 5.41) is 4.97. The maximum absolute atomic E-state index is 11.7. The molecule has 9 nitrogen and oxygen atoms in total. The maximum atomic E-state index is 11.7. The number of fused-ring (bicyclic) bond motifs is 3. The molecule has 1 aromatic carbocycles. The summed E-state index contributed by atoms with van der Waals surface area (Å²) in [4.78, 5) is 24.1. The van der Waals surface area contributed by atoms with E-state index in [0.29, 0.717) is 30.7 Å². The molecule has 4 aromatic rings. The molecule has 1 unspecified atom stereocenters. The molecule has 2 aliphatic carbocycles. The van der Waals surface area contributed by atoms with Crippen LogP contribution in [0.15, 0.2) is 47.2 Å². The van der Waals surface area contributed by atoms with Crippen LogP contribution in [0.3, 0.4) is 0 Å². The van der Waals surface area contributed by atoms with E-state index in [1.165, 1.54) is 32.1 Å². The van der Waals surface area contributed by atoms with Gasteiger partial charge in [-0.1, -0.05) is 58.2 Å². The Morgan fingerprint density at radius 3 is 2.12 bits per heavy atom. The van der Waals surface area contributed by atoms with Crippen molar-refractivity contribution in [2.45, 2.75) is 89.4 Å². The monoisotopic (exact) mass is 791 g/mol. The van der Waals surface area contributed by atoms with Crippen molar-refractivity contribution in [3.05, 3.63) is 58.5 Å². The lowest BCUT2D eigenvalue weighted by atomic mass is 9.79. The predicted molar refractivity (Wildman–Crippen MR) is 215 cm³/mol. The molecular formula is C39H54BrN5O4Si2. The maximum Gasteiger partial charge on any atom is 0.165 e. The van der Waals surface area contributed by atoms with Gasteiger partial charge in [0, 0.05) is 58.2 Å². The largest absolute Gasteiger partial charge is 0.496 e. The van der Waals surface area contributed by atoms with E-state index < -0.39 is 16.1 Å². The van der Waals surface area contributed by atoms with Crippen molar-refractivity contribution in [1.29, 1.82) is 0 Å². The summed E-state index contributed by atoms with van der Waals surface area (Å²) in [6, 6.07) is 11.8. The first-order valence-corrected chi connectivity index (χ1v) is 26.6. The minimum Gasteiger partial charge on any atom is -0.496 e. The van der Waals surface area contributed by atoms with Gasteiger partial charge >= 0.3 is 0 Å². The van der Waals surface area contributed by atoms with Gasteiger partial charge < -0.3 is 19.1 Å². The minimum atomic E-state index is -1.26. The highest BCUT2D eigenvalue weighted by molar-refractivity contribution is 9.10. The van der Waals surface area contributed by atoms with Crippen LogP contribution in [0.5, 0.6) is 5.75 Å². The fourth-order valence-electron chi connectivity index (χ4n) is 7.43. The third-order valence-electron chi connectivity index (χ3n) is 10.4. The van der Waals surface area contributed by atoms with Gasteiger partial charge in [-0.25, -0.2) is 4.98 Å². The number of ether oxygens (including phenoxy) is 3. The summed E-state index contributed by atoms with van der Waals surface area (Å²) in [5.74, 6) is 3.38. The molecule has 6 rings (SSSR count). The van der Waals surface area contributed by atoms with E-state index in [4.69, 9.17) is 29.3 Å². The SMILES string of the molecule is COc1ccc(-c2ccc(-c3cnn4c(N(COCC[Si](C)(C)C)COCC[Si](C)(C)C)c(Br)c(C5C[C@H]6CC[C@@H](C5)C6)nc34)cn2)cc1C=O. The summed E-state index contributed by atoms with van der Waals surface area (Å²) in [6.07, 6.45) is 10.9. The Morgan fingerprint density at radius 2 is 1.55 bits per heavy atom. The zero-order valence-corrected chi connectivity index (χ0v) is 35.0. The second-order valence-corrected chi connectivity index (χ2v) is 28.9. The fourth-order valence-corrected chi connectivity index (χ4v) is 9.77. The van der Waals surface area contributed by atoms with Gasteiger partial charge in [0.05, 0.1) is 34.7 Å². The Hall–Kier alpha value is -2.91. The Balaban J connectivity index is 1.39. The lowest BCUT2D eigenvalue weighted by Crippen LogP contribution is -2.34. The lowest BCUT2D eigenvalue weighted by molar-refractivity contribution is 0.0941. The zero-order valence-electron chi connectivity index (χ0n) is 31.4. The van der Waals surface area contributed by atoms with Crippen LogP contribution >= 0.6 is 15.9 Å². The van der Waals surface area contributed by atoms with Crippen molar-refractivity contribution >= 4 is 49.8 Å². The molecule has 0 aliphatic heterocycles. The standard InChI is InChI=1S/C39H54BrN5O4Si2/c1-47-35-13-11-29(21-32(35)24-46)34-12-10-30(22-41-34)33-23-42-45-38(33)43-37(31-19-27-8-9-28(18-27)20-31)36(40)39(45)44(25-48-14-16-50(2,3)4)26-49-15-17-51(5,6)7/h10-13,21-24,27-28,31H,8-9,14-20,25-26H2,1-7H3/t27-,28+,31?. The lowest BCUT2D eigenvalue weighted by Gasteiger charge is -2.31. The first kappa shape index (κ1) is 37.8. The van der Waals surface area contributed by atoms with E-state index in [-0.39, 0.29) is 0 Å². The number of carbonyl (C=O) groups is 1. The highest BCUT2D eigenvalue weighted by atomic mass is 79.9. The molecule has 3 atom stereocenters. The fraction of sp³-hybridized carbons (Fsp3) is 0.538. The average molecular weight is 793 g/mol. The van der Waals surface area contributed by atoms with Gasteiger partial charge in [0.15, 0.2) is 17.8 Å². The molecule has 0 spiro atoms. The smallest absolute Gasteiger partial charge is 0.165 e. The van der Waals surface area contributed by atoms with Crippen molar-refractivity contribution in [3.8, 4) is 28.1 Å². The number of rotatable bonds is 16. The normalized spacial score (nSPS) is 19.1. The number of hydrogen-bond acceptors (Lipinski definition) is 8. The number of anilines is 1. The number of pyridine rings is 1. The van der Waals surface area contributed by atoms with E-state index in [1.54, 1.807) is 13.2 Å². The molecule has 0 saturated heterocycles. The van der Waals surface area contributed by atoms with E-state index in [9.17, 15) is 4.79 Å². The molecule has 0 N–H and O–H groups in total. The minimum absolute atomic E-state index is 0.377. The molecule has 274 valence electrons. The molecular weight excluding hydrogens is 739 g/mol. The first-order valence-electron chi connectivity index (χ1n) is 18.4. The number of benzene rings is 1. The van der Waals surface area contributed by atoms with E-state index in [0.717, 1.165) is 87.4 Å². The van der Waals surface area contributed by atoms with Crippen LogP contribution in [-0.2, 0) is 9.47 Å². The van der Waals surface area contributed by atoms with Crippen molar-refractivity contribution in [2.75, 3.05) is 38.7 Å². The summed E-state index contributed by atoms with van der Waals surface area (Å²) < 4.78 is 21.1. The molecule has 3 heterocycles. The van der Waals surface area contributed by atoms with Crippen LogP contribution in [0.25, 0.3) is 28.0 Å². The summed E-state index contributed by atoms with van der Waals surface area (Å²) in [6.45, 7) is 16.5. The van der Waals surface area contributed by atoms with Gasteiger partial charge in [-0.15, -0.1) is 0 Å². The molecule has 51 heavy (non-hydrogen) atoms. The van der Waals surface area contributed by atoms with E-state index in [1.807, 2.05) is 35.1 Å². The average Bonchev–Trinajstić information content (AvgIpc) is 3.67. The first-order chi connectivity index (χ1) is 24.3. The molecule has 12 heteroatoms. The van der Waals surface area contributed by atoms with Crippen LogP contribution in [0.4, 0.5) is 5.82 Å². The highest BCUT2D eigenvalue weighted by Gasteiger charge is 2.37. The van der Waals surface area contributed by atoms with Gasteiger partial charge in [0.2, 0.25) is 0 Å². The topological polar surface area (TPSA) is 91.1 Å². The molecule has 3 aromatic heterocycles. The van der Waals surface area contributed by atoms with Crippen LogP contribution < -0.4 is 9.64 Å². The van der Waals surface area contributed by atoms with E-state index in [2.05, 4.69) is 66.2 Å². The third kappa shape index (κ3) is 9.19. The number of methoxy groups -OCH3 is 1. The van der Waals surface area contributed by atoms with Gasteiger partial charge in [-0.05, 0) is 83.4 Å². The zero-order chi connectivity index (χ0) is 36.3. The summed E-state index contributed by atoms with van der Waals surface area (Å²) in [7, 11) is -0.950. The number of hydrogen-bond donors (Lipinski definition) is 0. The van der Waals surface area contributed by atoms with Gasteiger partial charge in [0.25, 0.3) is 0 Å². The number of carbonyl (C=O) groups excluding carboxylic acids is 1. The summed E-state index contributed by atoms with van der Waals surface area (Å²) in [5.41, 5.74) is 5.87. The Morgan fingerprint density at radius 1 is 0.902 bits per heavy atom. The molecule has 2 bridgehead atoms. The molecule has 0 amide bonds. The molecule has 2 aliphatic rings. The number of nitrogens with zero attached hydrogens (tertiary/aromatic N) is 5. The third-order valence-corrected chi connectivity index (χ3v) is 14.5. The van der Waals surface area contributed by atoms with Gasteiger partial charge in [-0.2, -0.15) is 9.61 Å². The van der Waals surface area contributed by atoms with Crippen LogP contribution in [0.1, 0.15) is 54.1 Å². The Labute approximate surface area is 313 Å². The van der Waals surface area contributed by atoms with Crippen molar-refractivity contribution in [2.24, 2.45) is 11.8 Å². The van der Waals surface area contributed by atoms with Crippen molar-refractivity contribution < 1.29 is 19.0 Å². The summed E-state index contributed by atoms with van der Waals surface area (Å²) >= 11 is 4.09. The second kappa shape index (κ2) is 16.0. The van der Waals surface area contributed by atoms with E-state index >= 15 is 0 Å². The molecule has 0 radical (unpaired) electrons. The number of halogens is 1. The quantitative estimate of drug-likeness (QED) is 0.0480. The van der Waals surface area contributed by atoms with Crippen molar-refractivity contribution in [3.63, 3.8) is 0 Å². The van der Waals surface area contributed by atoms with Gasteiger partial charge in [0.1, 0.15) is 19.2 Å². The van der Waals surface area contributed by atoms with Crippen LogP contribution in [0.2, 0.25) is 51.4 Å². The van der Waals surface area contributed by atoms with Crippen LogP contribution in [-0.4, -0.2) is 75.8 Å². The van der Waals surface area contributed by atoms with Crippen molar-refractivity contribution in [1.82, 2.24) is 19.6 Å².